The highest BCUT2D eigenvalue weighted by Crippen LogP contribution is 2.24. The SMILES string of the molecule is CCN(c1ccccc1)c1nccc(-n2cnc3cc(C4=NCN(Cl)C=C4)ccc32)n1. The quantitative estimate of drug-likeness (QED) is 0.430. The van der Waals surface area contributed by atoms with E-state index in [0.29, 0.717) is 12.6 Å². The third-order valence-corrected chi connectivity index (χ3v) is 5.33. The Kier molecular flexibility index (Phi) is 5.09. The number of hydrogen-bond donors (Lipinski definition) is 0. The van der Waals surface area contributed by atoms with Crippen molar-refractivity contribution in [3.8, 4) is 5.82 Å². The summed E-state index contributed by atoms with van der Waals surface area (Å²) >= 11 is 5.93. The smallest absolute Gasteiger partial charge is 0.231 e. The van der Waals surface area contributed by atoms with E-state index in [0.717, 1.165) is 40.4 Å². The minimum atomic E-state index is 0.429. The first-order valence-corrected chi connectivity index (χ1v) is 10.4. The van der Waals surface area contributed by atoms with Gasteiger partial charge in [0.25, 0.3) is 0 Å². The standard InChI is InChI=1S/C23H20ClN7/c1-2-30(18-6-4-3-5-7-18)23-25-12-10-22(28-23)31-16-27-20-14-17(8-9-21(20)31)19-11-13-29(24)15-26-19/h3-14,16H,2,15H2,1H3. The Morgan fingerprint density at radius 1 is 1.06 bits per heavy atom. The molecule has 3 heterocycles. The van der Waals surface area contributed by atoms with E-state index in [1.807, 2.05) is 53.1 Å². The van der Waals surface area contributed by atoms with Crippen molar-refractivity contribution >= 4 is 40.2 Å². The molecule has 0 N–H and O–H groups in total. The topological polar surface area (TPSA) is 62.4 Å². The number of benzene rings is 2. The van der Waals surface area contributed by atoms with Gasteiger partial charge in [-0.05, 0) is 43.3 Å². The molecule has 4 aromatic rings. The zero-order valence-electron chi connectivity index (χ0n) is 16.9. The number of nitrogens with zero attached hydrogens (tertiary/aromatic N) is 7. The van der Waals surface area contributed by atoms with Crippen molar-refractivity contribution < 1.29 is 0 Å². The summed E-state index contributed by atoms with van der Waals surface area (Å²) in [7, 11) is 0. The van der Waals surface area contributed by atoms with Gasteiger partial charge in [-0.1, -0.05) is 24.3 Å². The lowest BCUT2D eigenvalue weighted by molar-refractivity contribution is 0.616. The highest BCUT2D eigenvalue weighted by Gasteiger charge is 2.14. The van der Waals surface area contributed by atoms with Gasteiger partial charge in [-0.3, -0.25) is 14.0 Å². The average Bonchev–Trinajstić information content (AvgIpc) is 3.24. The lowest BCUT2D eigenvalue weighted by Gasteiger charge is -2.21. The molecule has 2 aromatic heterocycles. The van der Waals surface area contributed by atoms with Crippen LogP contribution in [0.15, 0.2) is 84.4 Å². The maximum atomic E-state index is 5.93. The van der Waals surface area contributed by atoms with Crippen molar-refractivity contribution in [2.45, 2.75) is 6.92 Å². The molecule has 0 spiro atoms. The van der Waals surface area contributed by atoms with Gasteiger partial charge in [0.2, 0.25) is 5.95 Å². The Morgan fingerprint density at radius 3 is 2.71 bits per heavy atom. The number of aliphatic imine (C=N–C) groups is 1. The van der Waals surface area contributed by atoms with Gasteiger partial charge >= 0.3 is 0 Å². The van der Waals surface area contributed by atoms with Crippen LogP contribution in [0.5, 0.6) is 0 Å². The Labute approximate surface area is 185 Å². The molecule has 2 aromatic carbocycles. The van der Waals surface area contributed by atoms with Gasteiger partial charge in [0.1, 0.15) is 18.8 Å². The number of fused-ring (bicyclic) bond motifs is 1. The molecular formula is C23H20ClN7. The highest BCUT2D eigenvalue weighted by atomic mass is 35.5. The first-order chi connectivity index (χ1) is 15.2. The summed E-state index contributed by atoms with van der Waals surface area (Å²) in [5.41, 5.74) is 4.79. The molecule has 0 saturated carbocycles. The molecule has 0 bridgehead atoms. The second-order valence-electron chi connectivity index (χ2n) is 7.01. The second kappa shape index (κ2) is 8.20. The third kappa shape index (κ3) is 3.75. The summed E-state index contributed by atoms with van der Waals surface area (Å²) in [6.45, 7) is 3.28. The molecule has 0 radical (unpaired) electrons. The monoisotopic (exact) mass is 429 g/mol. The molecular weight excluding hydrogens is 410 g/mol. The Bertz CT molecular complexity index is 1280. The Morgan fingerprint density at radius 2 is 1.94 bits per heavy atom. The summed E-state index contributed by atoms with van der Waals surface area (Å²) in [5, 5.41) is 0. The number of allylic oxidation sites excluding steroid dienone is 1. The van der Waals surface area contributed by atoms with E-state index in [4.69, 9.17) is 16.8 Å². The van der Waals surface area contributed by atoms with Crippen molar-refractivity contribution in [2.24, 2.45) is 4.99 Å². The van der Waals surface area contributed by atoms with Crippen LogP contribution in [-0.4, -0.2) is 42.9 Å². The van der Waals surface area contributed by atoms with Crippen LogP contribution in [0.4, 0.5) is 11.6 Å². The first kappa shape index (κ1) is 19.3. The molecule has 0 aliphatic carbocycles. The summed E-state index contributed by atoms with van der Waals surface area (Å²) in [4.78, 5) is 20.5. The van der Waals surface area contributed by atoms with Crippen LogP contribution in [0.2, 0.25) is 0 Å². The van der Waals surface area contributed by atoms with Crippen molar-refractivity contribution in [3.63, 3.8) is 0 Å². The summed E-state index contributed by atoms with van der Waals surface area (Å²) in [6.07, 6.45) is 7.27. The van der Waals surface area contributed by atoms with Crippen LogP contribution < -0.4 is 4.90 Å². The number of anilines is 2. The van der Waals surface area contributed by atoms with Crippen LogP contribution in [0.25, 0.3) is 16.9 Å². The molecule has 31 heavy (non-hydrogen) atoms. The molecule has 5 rings (SSSR count). The van der Waals surface area contributed by atoms with Gasteiger partial charge < -0.3 is 4.90 Å². The van der Waals surface area contributed by atoms with Crippen LogP contribution in [-0.2, 0) is 0 Å². The average molecular weight is 430 g/mol. The zero-order chi connectivity index (χ0) is 21.2. The van der Waals surface area contributed by atoms with E-state index in [2.05, 4.69) is 38.9 Å². The number of hydrogen-bond acceptors (Lipinski definition) is 6. The second-order valence-corrected chi connectivity index (χ2v) is 7.45. The number of rotatable bonds is 5. The third-order valence-electron chi connectivity index (χ3n) is 5.11. The van der Waals surface area contributed by atoms with Crippen LogP contribution in [0.3, 0.4) is 0 Å². The van der Waals surface area contributed by atoms with Crippen LogP contribution >= 0.6 is 11.8 Å². The largest absolute Gasteiger partial charge is 0.311 e. The zero-order valence-corrected chi connectivity index (χ0v) is 17.7. The van der Waals surface area contributed by atoms with Gasteiger partial charge in [-0.2, -0.15) is 4.98 Å². The number of para-hydroxylation sites is 1. The number of imidazole rings is 1. The summed E-state index contributed by atoms with van der Waals surface area (Å²) < 4.78 is 3.49. The van der Waals surface area contributed by atoms with Crippen LogP contribution in [0.1, 0.15) is 12.5 Å². The summed E-state index contributed by atoms with van der Waals surface area (Å²) in [6, 6.07) is 18.1. The maximum Gasteiger partial charge on any atom is 0.231 e. The van der Waals surface area contributed by atoms with Crippen molar-refractivity contribution in [2.75, 3.05) is 18.1 Å². The molecule has 0 fully saturated rings. The molecule has 1 aliphatic heterocycles. The molecule has 7 nitrogen and oxygen atoms in total. The van der Waals surface area contributed by atoms with E-state index in [1.54, 1.807) is 18.7 Å². The molecule has 0 unspecified atom stereocenters. The fourth-order valence-electron chi connectivity index (χ4n) is 3.59. The van der Waals surface area contributed by atoms with Crippen LogP contribution in [0, 0.1) is 0 Å². The lowest BCUT2D eigenvalue weighted by Crippen LogP contribution is -2.19. The van der Waals surface area contributed by atoms with E-state index in [9.17, 15) is 0 Å². The molecule has 0 saturated heterocycles. The van der Waals surface area contributed by atoms with E-state index < -0.39 is 0 Å². The Hall–Kier alpha value is -3.71. The predicted molar refractivity (Wildman–Crippen MR) is 124 cm³/mol. The van der Waals surface area contributed by atoms with Gasteiger partial charge in [0, 0.05) is 42.0 Å². The minimum Gasteiger partial charge on any atom is -0.311 e. The predicted octanol–water partition coefficient (Wildman–Crippen LogP) is 4.70. The van der Waals surface area contributed by atoms with E-state index in [1.165, 1.54) is 4.42 Å². The Balaban J connectivity index is 1.50. The maximum absolute atomic E-state index is 5.93. The van der Waals surface area contributed by atoms with Gasteiger partial charge in [-0.25, -0.2) is 9.97 Å². The molecule has 1 aliphatic rings. The number of halogens is 1. The van der Waals surface area contributed by atoms with Crippen molar-refractivity contribution in [3.05, 3.63) is 85.0 Å². The minimum absolute atomic E-state index is 0.429. The molecule has 8 heteroatoms. The number of aromatic nitrogens is 4. The van der Waals surface area contributed by atoms with Gasteiger partial charge in [0.15, 0.2) is 0 Å². The fourth-order valence-corrected chi connectivity index (χ4v) is 3.70. The van der Waals surface area contributed by atoms with E-state index in [-0.39, 0.29) is 0 Å². The fraction of sp³-hybridized carbons (Fsp3) is 0.130. The van der Waals surface area contributed by atoms with Crippen molar-refractivity contribution in [1.82, 2.24) is 23.9 Å². The highest BCUT2D eigenvalue weighted by molar-refractivity contribution is 6.16. The van der Waals surface area contributed by atoms with Crippen molar-refractivity contribution in [1.29, 1.82) is 0 Å². The first-order valence-electron chi connectivity index (χ1n) is 10.0. The normalized spacial score (nSPS) is 13.5. The molecule has 0 amide bonds. The molecule has 154 valence electrons. The molecule has 0 atom stereocenters. The lowest BCUT2D eigenvalue weighted by atomic mass is 10.1. The van der Waals surface area contributed by atoms with Gasteiger partial charge in [-0.15, -0.1) is 0 Å². The van der Waals surface area contributed by atoms with Gasteiger partial charge in [0.05, 0.1) is 16.7 Å². The van der Waals surface area contributed by atoms with E-state index >= 15 is 0 Å². The summed E-state index contributed by atoms with van der Waals surface area (Å²) in [5.74, 6) is 1.42.